The summed E-state index contributed by atoms with van der Waals surface area (Å²) in [6.07, 6.45) is 18.7. The summed E-state index contributed by atoms with van der Waals surface area (Å²) < 4.78 is 0. The van der Waals surface area contributed by atoms with E-state index in [4.69, 9.17) is 0 Å². The highest BCUT2D eigenvalue weighted by Gasteiger charge is 2.28. The van der Waals surface area contributed by atoms with Crippen molar-refractivity contribution in [2.24, 2.45) is 0 Å². The quantitative estimate of drug-likeness (QED) is 0.696. The van der Waals surface area contributed by atoms with Gasteiger partial charge in [0, 0.05) is 18.1 Å². The third-order valence-corrected chi connectivity index (χ3v) is 5.96. The summed E-state index contributed by atoms with van der Waals surface area (Å²) in [6, 6.07) is 2.55. The van der Waals surface area contributed by atoms with Crippen molar-refractivity contribution in [1.82, 2.24) is 10.2 Å². The molecular formula is C19H38N2. The van der Waals surface area contributed by atoms with Crippen LogP contribution in [0, 0.1) is 0 Å². The van der Waals surface area contributed by atoms with Gasteiger partial charge < -0.3 is 5.32 Å². The number of nitrogens with zero attached hydrogens (tertiary/aromatic N) is 1. The minimum atomic E-state index is 0.726. The van der Waals surface area contributed by atoms with Crippen molar-refractivity contribution in [2.45, 2.75) is 109 Å². The van der Waals surface area contributed by atoms with Gasteiger partial charge in [0.25, 0.3) is 0 Å². The van der Waals surface area contributed by atoms with Crippen LogP contribution in [-0.4, -0.2) is 36.6 Å². The van der Waals surface area contributed by atoms with E-state index in [9.17, 15) is 0 Å². The number of hydrogen-bond donors (Lipinski definition) is 1. The van der Waals surface area contributed by atoms with E-state index >= 15 is 0 Å². The second-order valence-corrected chi connectivity index (χ2v) is 7.36. The first-order chi connectivity index (χ1) is 10.3. The molecule has 0 heterocycles. The Hall–Kier alpha value is -0.0800. The molecule has 2 fully saturated rings. The van der Waals surface area contributed by atoms with Gasteiger partial charge in [0.1, 0.15) is 0 Å². The lowest BCUT2D eigenvalue weighted by Crippen LogP contribution is -2.45. The fraction of sp³-hybridized carbons (Fsp3) is 1.00. The van der Waals surface area contributed by atoms with E-state index in [0.29, 0.717) is 0 Å². The van der Waals surface area contributed by atoms with Crippen molar-refractivity contribution in [3.63, 3.8) is 0 Å². The SMILES string of the molecule is CCC(CCCN(C1CCCCC1)C1CCCCC1)NC. The van der Waals surface area contributed by atoms with Gasteiger partial charge in [0.2, 0.25) is 0 Å². The largest absolute Gasteiger partial charge is 0.317 e. The van der Waals surface area contributed by atoms with Gasteiger partial charge in [-0.1, -0.05) is 45.4 Å². The molecule has 1 unspecified atom stereocenters. The van der Waals surface area contributed by atoms with Crippen molar-refractivity contribution in [3.05, 3.63) is 0 Å². The van der Waals surface area contributed by atoms with Gasteiger partial charge in [0.05, 0.1) is 0 Å². The van der Waals surface area contributed by atoms with E-state index in [1.54, 1.807) is 0 Å². The van der Waals surface area contributed by atoms with Crippen LogP contribution in [0.2, 0.25) is 0 Å². The van der Waals surface area contributed by atoms with Crippen LogP contribution in [0.15, 0.2) is 0 Å². The summed E-state index contributed by atoms with van der Waals surface area (Å²) in [5.41, 5.74) is 0. The molecule has 2 nitrogen and oxygen atoms in total. The zero-order valence-electron chi connectivity index (χ0n) is 14.6. The monoisotopic (exact) mass is 294 g/mol. The smallest absolute Gasteiger partial charge is 0.00981 e. The molecule has 0 radical (unpaired) electrons. The maximum atomic E-state index is 3.47. The van der Waals surface area contributed by atoms with Crippen molar-refractivity contribution >= 4 is 0 Å². The van der Waals surface area contributed by atoms with E-state index < -0.39 is 0 Å². The van der Waals surface area contributed by atoms with Crippen molar-refractivity contribution in [3.8, 4) is 0 Å². The lowest BCUT2D eigenvalue weighted by atomic mass is 9.88. The summed E-state index contributed by atoms with van der Waals surface area (Å²) in [7, 11) is 2.12. The molecule has 1 atom stereocenters. The van der Waals surface area contributed by atoms with Crippen LogP contribution >= 0.6 is 0 Å². The Morgan fingerprint density at radius 3 is 1.86 bits per heavy atom. The van der Waals surface area contributed by atoms with Crippen molar-refractivity contribution in [2.75, 3.05) is 13.6 Å². The molecule has 0 aliphatic heterocycles. The van der Waals surface area contributed by atoms with Crippen LogP contribution in [0.5, 0.6) is 0 Å². The third kappa shape index (κ3) is 5.56. The van der Waals surface area contributed by atoms with Crippen molar-refractivity contribution in [1.29, 1.82) is 0 Å². The first-order valence-corrected chi connectivity index (χ1v) is 9.78. The van der Waals surface area contributed by atoms with Crippen LogP contribution in [0.3, 0.4) is 0 Å². The molecule has 2 aliphatic carbocycles. The minimum Gasteiger partial charge on any atom is -0.317 e. The standard InChI is InChI=1S/C19H38N2/c1-3-17(20-2)11-10-16-21(18-12-6-4-7-13-18)19-14-8-5-9-15-19/h17-20H,3-16H2,1-2H3. The van der Waals surface area contributed by atoms with Crippen LogP contribution < -0.4 is 5.32 Å². The lowest BCUT2D eigenvalue weighted by Gasteiger charge is -2.42. The Morgan fingerprint density at radius 2 is 1.43 bits per heavy atom. The summed E-state index contributed by atoms with van der Waals surface area (Å²) >= 11 is 0. The topological polar surface area (TPSA) is 15.3 Å². The Kier molecular flexibility index (Phi) is 8.10. The molecule has 21 heavy (non-hydrogen) atoms. The lowest BCUT2D eigenvalue weighted by molar-refractivity contribution is 0.0781. The molecule has 1 N–H and O–H groups in total. The predicted octanol–water partition coefficient (Wildman–Crippen LogP) is 4.73. The fourth-order valence-electron chi connectivity index (χ4n) is 4.56. The highest BCUT2D eigenvalue weighted by Crippen LogP contribution is 2.30. The molecule has 0 bridgehead atoms. The molecular weight excluding hydrogens is 256 g/mol. The Balaban J connectivity index is 1.84. The molecule has 2 aliphatic rings. The molecule has 0 spiro atoms. The van der Waals surface area contributed by atoms with Gasteiger partial charge in [-0.15, -0.1) is 0 Å². The van der Waals surface area contributed by atoms with Crippen LogP contribution in [-0.2, 0) is 0 Å². The van der Waals surface area contributed by atoms with Crippen LogP contribution in [0.25, 0.3) is 0 Å². The average molecular weight is 295 g/mol. The molecule has 0 amide bonds. The molecule has 0 aromatic heterocycles. The molecule has 0 aromatic carbocycles. The number of nitrogens with one attached hydrogen (secondary N) is 1. The highest BCUT2D eigenvalue weighted by molar-refractivity contribution is 4.84. The minimum absolute atomic E-state index is 0.726. The Morgan fingerprint density at radius 1 is 0.905 bits per heavy atom. The molecule has 2 heteroatoms. The van der Waals surface area contributed by atoms with E-state index in [1.165, 1.54) is 90.0 Å². The van der Waals surface area contributed by atoms with Gasteiger partial charge in [-0.05, 0) is 58.5 Å². The van der Waals surface area contributed by atoms with E-state index in [-0.39, 0.29) is 0 Å². The summed E-state index contributed by atoms with van der Waals surface area (Å²) in [5, 5.41) is 3.47. The first-order valence-electron chi connectivity index (χ1n) is 9.78. The first kappa shape index (κ1) is 17.3. The summed E-state index contributed by atoms with van der Waals surface area (Å²) in [5.74, 6) is 0. The maximum Gasteiger partial charge on any atom is 0.00981 e. The van der Waals surface area contributed by atoms with Gasteiger partial charge in [-0.25, -0.2) is 0 Å². The Bertz CT molecular complexity index is 232. The zero-order chi connectivity index (χ0) is 14.9. The van der Waals surface area contributed by atoms with Crippen LogP contribution in [0.4, 0.5) is 0 Å². The second-order valence-electron chi connectivity index (χ2n) is 7.36. The number of rotatable bonds is 8. The van der Waals surface area contributed by atoms with Gasteiger partial charge in [0.15, 0.2) is 0 Å². The zero-order valence-corrected chi connectivity index (χ0v) is 14.6. The molecule has 124 valence electrons. The summed E-state index contributed by atoms with van der Waals surface area (Å²) in [4.78, 5) is 2.96. The van der Waals surface area contributed by atoms with Gasteiger partial charge in [-0.2, -0.15) is 0 Å². The number of hydrogen-bond acceptors (Lipinski definition) is 2. The molecule has 0 aromatic rings. The summed E-state index contributed by atoms with van der Waals surface area (Å²) in [6.45, 7) is 3.66. The van der Waals surface area contributed by atoms with Crippen molar-refractivity contribution < 1.29 is 0 Å². The normalized spacial score (nSPS) is 23.6. The van der Waals surface area contributed by atoms with E-state index in [0.717, 1.165) is 18.1 Å². The fourth-order valence-corrected chi connectivity index (χ4v) is 4.56. The second kappa shape index (κ2) is 9.84. The third-order valence-electron chi connectivity index (χ3n) is 5.96. The van der Waals surface area contributed by atoms with E-state index in [2.05, 4.69) is 24.2 Å². The van der Waals surface area contributed by atoms with Gasteiger partial charge >= 0.3 is 0 Å². The molecule has 0 saturated heterocycles. The highest BCUT2D eigenvalue weighted by atomic mass is 15.2. The van der Waals surface area contributed by atoms with Crippen LogP contribution in [0.1, 0.15) is 90.4 Å². The Labute approximate surface area is 133 Å². The average Bonchev–Trinajstić information content (AvgIpc) is 2.57. The molecule has 2 saturated carbocycles. The predicted molar refractivity (Wildman–Crippen MR) is 92.8 cm³/mol. The molecule has 2 rings (SSSR count). The maximum absolute atomic E-state index is 3.47. The van der Waals surface area contributed by atoms with Gasteiger partial charge in [-0.3, -0.25) is 4.90 Å². The van der Waals surface area contributed by atoms with E-state index in [1.807, 2.05) is 0 Å².